The SMILES string of the molecule is CCCNC(c1c(F)cc(F)cc1F)c1ccnn1CC. The number of nitrogens with zero attached hydrogens (tertiary/aromatic N) is 2. The second kappa shape index (κ2) is 6.76. The molecule has 1 aromatic heterocycles. The van der Waals surface area contributed by atoms with Gasteiger partial charge in [-0.2, -0.15) is 5.10 Å². The number of hydrogen-bond donors (Lipinski definition) is 1. The lowest BCUT2D eigenvalue weighted by Gasteiger charge is -2.21. The first-order valence-corrected chi connectivity index (χ1v) is 6.98. The van der Waals surface area contributed by atoms with E-state index in [4.69, 9.17) is 0 Å². The predicted molar refractivity (Wildman–Crippen MR) is 74.4 cm³/mol. The maximum atomic E-state index is 14.1. The summed E-state index contributed by atoms with van der Waals surface area (Å²) in [6.07, 6.45) is 2.39. The summed E-state index contributed by atoms with van der Waals surface area (Å²) in [5, 5.41) is 7.22. The van der Waals surface area contributed by atoms with Gasteiger partial charge in [0.25, 0.3) is 0 Å². The summed E-state index contributed by atoms with van der Waals surface area (Å²) in [6, 6.07) is 2.41. The van der Waals surface area contributed by atoms with Crippen molar-refractivity contribution in [1.82, 2.24) is 15.1 Å². The minimum absolute atomic E-state index is 0.181. The monoisotopic (exact) mass is 297 g/mol. The Morgan fingerprint density at radius 2 is 1.86 bits per heavy atom. The van der Waals surface area contributed by atoms with Crippen LogP contribution in [0.2, 0.25) is 0 Å². The lowest BCUT2D eigenvalue weighted by atomic mass is 10.0. The summed E-state index contributed by atoms with van der Waals surface area (Å²) >= 11 is 0. The summed E-state index contributed by atoms with van der Waals surface area (Å²) in [5.41, 5.74) is 0.468. The Morgan fingerprint density at radius 1 is 1.19 bits per heavy atom. The van der Waals surface area contributed by atoms with Crippen LogP contribution in [0.4, 0.5) is 13.2 Å². The van der Waals surface area contributed by atoms with Gasteiger partial charge in [0.2, 0.25) is 0 Å². The molecule has 1 aromatic carbocycles. The lowest BCUT2D eigenvalue weighted by Crippen LogP contribution is -2.27. The largest absolute Gasteiger partial charge is 0.305 e. The van der Waals surface area contributed by atoms with Crippen LogP contribution in [0.5, 0.6) is 0 Å². The van der Waals surface area contributed by atoms with E-state index in [1.165, 1.54) is 0 Å². The number of aryl methyl sites for hydroxylation is 1. The molecular weight excluding hydrogens is 279 g/mol. The van der Waals surface area contributed by atoms with Gasteiger partial charge < -0.3 is 5.32 Å². The van der Waals surface area contributed by atoms with Gasteiger partial charge in [0.15, 0.2) is 0 Å². The Labute approximate surface area is 121 Å². The van der Waals surface area contributed by atoms with Gasteiger partial charge in [-0.3, -0.25) is 4.68 Å². The molecule has 0 amide bonds. The van der Waals surface area contributed by atoms with Gasteiger partial charge in [0, 0.05) is 30.4 Å². The van der Waals surface area contributed by atoms with Crippen molar-refractivity contribution in [3.8, 4) is 0 Å². The van der Waals surface area contributed by atoms with Crippen LogP contribution in [0, 0.1) is 17.5 Å². The molecule has 1 unspecified atom stereocenters. The fourth-order valence-corrected chi connectivity index (χ4v) is 2.32. The van der Waals surface area contributed by atoms with Crippen molar-refractivity contribution >= 4 is 0 Å². The predicted octanol–water partition coefficient (Wildman–Crippen LogP) is 3.41. The van der Waals surface area contributed by atoms with Crippen LogP contribution >= 0.6 is 0 Å². The zero-order chi connectivity index (χ0) is 15.4. The molecule has 0 bridgehead atoms. The molecule has 21 heavy (non-hydrogen) atoms. The van der Waals surface area contributed by atoms with Crippen LogP contribution in [0.1, 0.15) is 37.6 Å². The summed E-state index contributed by atoms with van der Waals surface area (Å²) in [5.74, 6) is -2.72. The number of aromatic nitrogens is 2. The highest BCUT2D eigenvalue weighted by atomic mass is 19.1. The lowest BCUT2D eigenvalue weighted by molar-refractivity contribution is 0.466. The van der Waals surface area contributed by atoms with Crippen molar-refractivity contribution < 1.29 is 13.2 Å². The fourth-order valence-electron chi connectivity index (χ4n) is 2.32. The fraction of sp³-hybridized carbons (Fsp3) is 0.400. The highest BCUT2D eigenvalue weighted by Crippen LogP contribution is 2.27. The third-order valence-electron chi connectivity index (χ3n) is 3.28. The molecule has 0 aliphatic carbocycles. The van der Waals surface area contributed by atoms with E-state index in [1.807, 2.05) is 13.8 Å². The first kappa shape index (κ1) is 15.6. The summed E-state index contributed by atoms with van der Waals surface area (Å²) < 4.78 is 42.9. The van der Waals surface area contributed by atoms with E-state index in [0.717, 1.165) is 6.42 Å². The molecule has 114 valence electrons. The van der Waals surface area contributed by atoms with E-state index in [1.54, 1.807) is 16.9 Å². The van der Waals surface area contributed by atoms with Crippen LogP contribution < -0.4 is 5.32 Å². The van der Waals surface area contributed by atoms with Gasteiger partial charge in [0.05, 0.1) is 11.7 Å². The first-order chi connectivity index (χ1) is 10.1. The molecule has 0 saturated carbocycles. The Hall–Kier alpha value is -1.82. The van der Waals surface area contributed by atoms with E-state index in [-0.39, 0.29) is 5.56 Å². The van der Waals surface area contributed by atoms with Gasteiger partial charge in [-0.05, 0) is 26.0 Å². The van der Waals surface area contributed by atoms with Crippen molar-refractivity contribution in [2.24, 2.45) is 0 Å². The molecule has 0 fully saturated rings. The van der Waals surface area contributed by atoms with Crippen molar-refractivity contribution in [3.05, 3.63) is 53.1 Å². The molecule has 1 atom stereocenters. The van der Waals surface area contributed by atoms with Crippen LogP contribution in [-0.2, 0) is 6.54 Å². The average molecular weight is 297 g/mol. The minimum Gasteiger partial charge on any atom is -0.305 e. The molecule has 0 aliphatic rings. The summed E-state index contributed by atoms with van der Waals surface area (Å²) in [4.78, 5) is 0. The van der Waals surface area contributed by atoms with Gasteiger partial charge in [0.1, 0.15) is 17.5 Å². The maximum Gasteiger partial charge on any atom is 0.134 e. The topological polar surface area (TPSA) is 29.9 Å². The van der Waals surface area contributed by atoms with Crippen molar-refractivity contribution in [3.63, 3.8) is 0 Å². The van der Waals surface area contributed by atoms with Crippen LogP contribution in [0.3, 0.4) is 0 Å². The summed E-state index contributed by atoms with van der Waals surface area (Å²) in [6.45, 7) is 5.01. The minimum atomic E-state index is -0.924. The Kier molecular flexibility index (Phi) is 5.01. The van der Waals surface area contributed by atoms with E-state index in [2.05, 4.69) is 10.4 Å². The highest BCUT2D eigenvalue weighted by Gasteiger charge is 2.25. The second-order valence-electron chi connectivity index (χ2n) is 4.74. The zero-order valence-corrected chi connectivity index (χ0v) is 12.0. The van der Waals surface area contributed by atoms with E-state index >= 15 is 0 Å². The Morgan fingerprint density at radius 3 is 2.43 bits per heavy atom. The summed E-state index contributed by atoms with van der Waals surface area (Å²) in [7, 11) is 0. The first-order valence-electron chi connectivity index (χ1n) is 6.98. The highest BCUT2D eigenvalue weighted by molar-refractivity contribution is 5.31. The van der Waals surface area contributed by atoms with E-state index < -0.39 is 23.5 Å². The third kappa shape index (κ3) is 3.26. The molecule has 2 aromatic rings. The maximum absolute atomic E-state index is 14.1. The Bertz CT molecular complexity index is 587. The van der Waals surface area contributed by atoms with Crippen LogP contribution in [0.15, 0.2) is 24.4 Å². The number of hydrogen-bond acceptors (Lipinski definition) is 2. The molecule has 1 heterocycles. The molecule has 0 radical (unpaired) electrons. The molecule has 1 N–H and O–H groups in total. The molecule has 3 nitrogen and oxygen atoms in total. The molecule has 0 aliphatic heterocycles. The van der Waals surface area contributed by atoms with E-state index in [0.29, 0.717) is 30.9 Å². The molecule has 0 saturated heterocycles. The van der Waals surface area contributed by atoms with E-state index in [9.17, 15) is 13.2 Å². The van der Waals surface area contributed by atoms with Gasteiger partial charge in [-0.15, -0.1) is 0 Å². The molecule has 2 rings (SSSR count). The smallest absolute Gasteiger partial charge is 0.134 e. The average Bonchev–Trinajstić information content (AvgIpc) is 2.89. The van der Waals surface area contributed by atoms with Crippen molar-refractivity contribution in [2.75, 3.05) is 6.54 Å². The second-order valence-corrected chi connectivity index (χ2v) is 4.74. The van der Waals surface area contributed by atoms with Crippen LogP contribution in [-0.4, -0.2) is 16.3 Å². The molecule has 0 spiro atoms. The van der Waals surface area contributed by atoms with Gasteiger partial charge in [-0.1, -0.05) is 6.92 Å². The molecule has 6 heteroatoms. The normalized spacial score (nSPS) is 12.6. The van der Waals surface area contributed by atoms with Crippen LogP contribution in [0.25, 0.3) is 0 Å². The number of benzene rings is 1. The van der Waals surface area contributed by atoms with Crippen molar-refractivity contribution in [2.45, 2.75) is 32.9 Å². The van der Waals surface area contributed by atoms with Crippen molar-refractivity contribution in [1.29, 1.82) is 0 Å². The number of nitrogens with one attached hydrogen (secondary N) is 1. The zero-order valence-electron chi connectivity index (χ0n) is 12.0. The Balaban J connectivity index is 2.51. The quantitative estimate of drug-likeness (QED) is 0.885. The third-order valence-corrected chi connectivity index (χ3v) is 3.28. The van der Waals surface area contributed by atoms with Gasteiger partial charge in [-0.25, -0.2) is 13.2 Å². The molecular formula is C15H18F3N3. The standard InChI is InChI=1S/C15H18F3N3/c1-3-6-19-15(13-5-7-20-21(13)4-2)14-11(17)8-10(16)9-12(14)18/h5,7-9,15,19H,3-4,6H2,1-2H3. The number of halogens is 3. The number of rotatable bonds is 6. The van der Waals surface area contributed by atoms with Gasteiger partial charge >= 0.3 is 0 Å².